The average molecular weight is 965 g/mol. The molecule has 0 bridgehead atoms. The van der Waals surface area contributed by atoms with Gasteiger partial charge in [0.05, 0.1) is 29.3 Å². The zero-order valence-electron chi connectivity index (χ0n) is 38.1. The highest BCUT2D eigenvalue weighted by molar-refractivity contribution is 7.91. The Balaban J connectivity index is 1.14. The molecule has 1 saturated carbocycles. The molecule has 8 rings (SSSR count). The number of benzene rings is 1. The topological polar surface area (TPSA) is 204 Å². The van der Waals surface area contributed by atoms with Gasteiger partial charge >= 0.3 is 12.3 Å². The molecule has 68 heavy (non-hydrogen) atoms. The molecule has 4 amide bonds. The summed E-state index contributed by atoms with van der Waals surface area (Å²) < 4.78 is 96.6. The average Bonchev–Trinajstić information content (AvgIpc) is 3.78. The Kier molecular flexibility index (Phi) is 13.6. The number of ether oxygens (including phenoxy) is 4. The number of alkyl carbamates (subject to hydrolysis) is 1. The number of alkyl halides is 3. The Morgan fingerprint density at radius 3 is 2.51 bits per heavy atom. The van der Waals surface area contributed by atoms with Gasteiger partial charge in [0, 0.05) is 36.2 Å². The molecule has 0 radical (unpaired) electrons. The van der Waals surface area contributed by atoms with Crippen LogP contribution in [0.1, 0.15) is 96.2 Å². The van der Waals surface area contributed by atoms with Gasteiger partial charge in [0.2, 0.25) is 21.8 Å². The summed E-state index contributed by atoms with van der Waals surface area (Å²) in [5.41, 5.74) is -4.60. The van der Waals surface area contributed by atoms with E-state index in [1.165, 1.54) is 24.0 Å². The van der Waals surface area contributed by atoms with Gasteiger partial charge < -0.3 is 34.5 Å². The van der Waals surface area contributed by atoms with E-state index in [0.717, 1.165) is 0 Å². The van der Waals surface area contributed by atoms with Crippen molar-refractivity contribution in [3.05, 3.63) is 66.1 Å². The zero-order chi connectivity index (χ0) is 48.5. The minimum atomic E-state index is -4.99. The second-order valence-electron chi connectivity index (χ2n) is 18.9. The van der Waals surface area contributed by atoms with Crippen LogP contribution < -0.4 is 29.6 Å². The quantitative estimate of drug-likeness (QED) is 0.117. The van der Waals surface area contributed by atoms with Crippen LogP contribution in [-0.4, -0.2) is 101 Å². The number of pyridine rings is 2. The third kappa shape index (κ3) is 10.2. The van der Waals surface area contributed by atoms with E-state index in [-0.39, 0.29) is 75.5 Å². The van der Waals surface area contributed by atoms with Gasteiger partial charge in [-0.2, -0.15) is 13.2 Å². The smallest absolute Gasteiger partial charge is 0.437 e. The molecular weight excluding hydrogens is 910 g/mol. The summed E-state index contributed by atoms with van der Waals surface area (Å²) in [5, 5.41) is 5.82. The number of allylic oxidation sites excluding steroid dienone is 1. The summed E-state index contributed by atoms with van der Waals surface area (Å²) >= 11 is 0. The van der Waals surface area contributed by atoms with Crippen LogP contribution in [0.5, 0.6) is 17.2 Å². The summed E-state index contributed by atoms with van der Waals surface area (Å²) in [6, 6.07) is 5.21. The Bertz CT molecular complexity index is 2650. The lowest BCUT2D eigenvalue weighted by Gasteiger charge is -2.37. The molecule has 5 unspecified atom stereocenters. The highest BCUT2D eigenvalue weighted by atomic mass is 32.2. The number of carbonyl (C=O) groups is 4. The van der Waals surface area contributed by atoms with Crippen LogP contribution in [0.25, 0.3) is 10.9 Å². The van der Waals surface area contributed by atoms with Crippen LogP contribution in [0.4, 0.5) is 18.0 Å². The molecule has 16 nitrogen and oxygen atoms in total. The summed E-state index contributed by atoms with van der Waals surface area (Å²) in [4.78, 5) is 66.6. The van der Waals surface area contributed by atoms with Crippen molar-refractivity contribution < 1.29 is 59.7 Å². The molecule has 3 aliphatic heterocycles. The van der Waals surface area contributed by atoms with E-state index in [2.05, 4.69) is 37.2 Å². The molecule has 364 valence electrons. The first-order chi connectivity index (χ1) is 32.3. The van der Waals surface area contributed by atoms with Crippen molar-refractivity contribution in [1.29, 1.82) is 0 Å². The lowest BCUT2D eigenvalue weighted by atomic mass is 9.83. The second-order valence-corrected chi connectivity index (χ2v) is 21.1. The van der Waals surface area contributed by atoms with Crippen molar-refractivity contribution in [3.8, 4) is 29.1 Å². The number of halogens is 3. The monoisotopic (exact) mass is 964 g/mol. The van der Waals surface area contributed by atoms with Gasteiger partial charge in [0.15, 0.2) is 11.4 Å². The third-order valence-corrected chi connectivity index (χ3v) is 15.4. The minimum Gasteiger partial charge on any atom is -0.490 e. The van der Waals surface area contributed by atoms with E-state index in [0.29, 0.717) is 55.4 Å². The number of rotatable bonds is 11. The van der Waals surface area contributed by atoms with Crippen LogP contribution in [0, 0.1) is 23.7 Å². The molecule has 5 aliphatic rings. The van der Waals surface area contributed by atoms with E-state index in [9.17, 15) is 22.8 Å². The van der Waals surface area contributed by atoms with E-state index >= 15 is 18.0 Å². The van der Waals surface area contributed by atoms with Crippen LogP contribution in [0.3, 0.4) is 0 Å². The number of aromatic nitrogens is 2. The fraction of sp³-hybridized carbons (Fsp3) is 0.542. The van der Waals surface area contributed by atoms with Crippen molar-refractivity contribution in [2.75, 3.05) is 26.4 Å². The number of fused-ring (bicyclic) bond motifs is 5. The van der Waals surface area contributed by atoms with Gasteiger partial charge in [-0.1, -0.05) is 50.7 Å². The standard InChI is InChI=1S/C48H55F3N6O10S/c1-30(2)28-66-44(61)54-37-12-8-6-4-5-7-10-31-11-9-18-47(31,43(60)56-68(62,63)45(3)20-21-45)55-41(58)38-27-46(29-57(38)42(37)59)19-15-34-35-26-33(65-25-24-64-32-16-22-52-23-17-32)13-14-36(35)53-40(39(34)67-46)48(49,50)51/h7,10,13-14,16-17,22-23,26,30-31,37-38H,4-6,8,12,15,18-21,24-25,27-29H2,1-3H3,(H,54,61)(H,55,58)(H,56,60). The first-order valence-corrected chi connectivity index (χ1v) is 24.5. The number of hydrogen-bond donors (Lipinski definition) is 3. The number of hydrogen-bond acceptors (Lipinski definition) is 12. The normalized spacial score (nSPS) is 25.6. The van der Waals surface area contributed by atoms with Gasteiger partial charge in [-0.25, -0.2) is 18.2 Å². The molecular formula is C48H55F3N6O10S. The molecule has 5 atom stereocenters. The fourth-order valence-electron chi connectivity index (χ4n) is 9.11. The lowest BCUT2D eigenvalue weighted by molar-refractivity contribution is -0.144. The van der Waals surface area contributed by atoms with Crippen LogP contribution in [0.15, 0.2) is 54.9 Å². The minimum absolute atomic E-state index is 0.00922. The summed E-state index contributed by atoms with van der Waals surface area (Å²) in [6.07, 6.45) is 3.33. The predicted molar refractivity (Wildman–Crippen MR) is 241 cm³/mol. The summed E-state index contributed by atoms with van der Waals surface area (Å²) in [7, 11) is -4.20. The van der Waals surface area contributed by atoms with Crippen molar-refractivity contribution in [3.63, 3.8) is 0 Å². The SMILES string of the molecule is CC(C)COC(=O)NC1CCCCCC=CC2C#CCC2(C(=O)NS(=O)(=O)C2(C)CC2)NC(=O)C2CC3(CCc4c(c(C(F)(F)F)nc5ccc(OCCOc6ccncc6)cc45)O3)CN2C1=O. The van der Waals surface area contributed by atoms with Gasteiger partial charge in [-0.15, -0.1) is 0 Å². The number of sulfonamides is 1. The molecule has 1 aromatic carbocycles. The molecule has 2 aliphatic carbocycles. The van der Waals surface area contributed by atoms with Crippen molar-refractivity contribution in [1.82, 2.24) is 30.2 Å². The molecule has 5 heterocycles. The first kappa shape index (κ1) is 48.4. The van der Waals surface area contributed by atoms with Crippen molar-refractivity contribution in [2.24, 2.45) is 11.8 Å². The Labute approximate surface area is 392 Å². The molecule has 1 spiro atoms. The third-order valence-electron chi connectivity index (χ3n) is 13.3. The van der Waals surface area contributed by atoms with E-state index < -0.39 is 85.3 Å². The number of nitrogens with one attached hydrogen (secondary N) is 3. The molecule has 1 saturated heterocycles. The lowest BCUT2D eigenvalue weighted by Crippen LogP contribution is -2.65. The van der Waals surface area contributed by atoms with Gasteiger partial charge in [-0.05, 0) is 88.1 Å². The van der Waals surface area contributed by atoms with E-state index in [1.807, 2.05) is 19.9 Å². The Morgan fingerprint density at radius 2 is 1.79 bits per heavy atom. The van der Waals surface area contributed by atoms with Crippen molar-refractivity contribution >= 4 is 44.7 Å². The van der Waals surface area contributed by atoms with E-state index in [4.69, 9.17) is 18.9 Å². The maximum atomic E-state index is 15.1. The molecule has 3 N–H and O–H groups in total. The maximum absolute atomic E-state index is 15.1. The highest BCUT2D eigenvalue weighted by Crippen LogP contribution is 2.49. The molecule has 3 aromatic rings. The second kappa shape index (κ2) is 19.1. The van der Waals surface area contributed by atoms with Gasteiger partial charge in [0.1, 0.15) is 47.9 Å². The highest BCUT2D eigenvalue weighted by Gasteiger charge is 2.58. The van der Waals surface area contributed by atoms with Crippen LogP contribution in [-0.2, 0) is 41.7 Å². The predicted octanol–water partition coefficient (Wildman–Crippen LogP) is 5.92. The molecule has 2 fully saturated rings. The number of amides is 4. The van der Waals surface area contributed by atoms with Gasteiger partial charge in [-0.3, -0.25) is 24.1 Å². The number of nitrogens with zero attached hydrogens (tertiary/aromatic N) is 3. The van der Waals surface area contributed by atoms with Crippen LogP contribution in [0.2, 0.25) is 0 Å². The molecule has 2 aromatic heterocycles. The van der Waals surface area contributed by atoms with Crippen LogP contribution >= 0.6 is 0 Å². The maximum Gasteiger partial charge on any atom is 0.437 e. The number of carbonyl (C=O) groups excluding carboxylic acids is 4. The first-order valence-electron chi connectivity index (χ1n) is 23.0. The van der Waals surface area contributed by atoms with Crippen molar-refractivity contribution in [2.45, 2.75) is 126 Å². The summed E-state index contributed by atoms with van der Waals surface area (Å²) in [5.74, 6) is 2.62. The fourth-order valence-corrected chi connectivity index (χ4v) is 10.4. The van der Waals surface area contributed by atoms with E-state index in [1.54, 1.807) is 36.7 Å². The number of aryl methyl sites for hydroxylation is 1. The zero-order valence-corrected chi connectivity index (χ0v) is 38.9. The Hall–Kier alpha value is -6.10. The Morgan fingerprint density at radius 1 is 1.04 bits per heavy atom. The summed E-state index contributed by atoms with van der Waals surface area (Å²) in [6.45, 7) is 5.17. The van der Waals surface area contributed by atoms with Gasteiger partial charge in [0.25, 0.3) is 5.91 Å². The molecule has 20 heteroatoms. The largest absolute Gasteiger partial charge is 0.490 e.